The van der Waals surface area contributed by atoms with E-state index >= 15 is 0 Å². The first-order chi connectivity index (χ1) is 10.7. The van der Waals surface area contributed by atoms with Crippen LogP contribution < -0.4 is 10.3 Å². The van der Waals surface area contributed by atoms with Crippen LogP contribution in [-0.4, -0.2) is 22.9 Å². The van der Waals surface area contributed by atoms with E-state index in [4.69, 9.17) is 4.74 Å². The highest BCUT2D eigenvalue weighted by Crippen LogP contribution is 2.21. The van der Waals surface area contributed by atoms with Crippen molar-refractivity contribution in [2.45, 2.75) is 6.92 Å². The molecule has 0 aliphatic heterocycles. The summed E-state index contributed by atoms with van der Waals surface area (Å²) >= 11 is 0. The Morgan fingerprint density at radius 1 is 1.18 bits per heavy atom. The predicted molar refractivity (Wildman–Crippen MR) is 84.0 cm³/mol. The van der Waals surface area contributed by atoms with E-state index in [1.165, 1.54) is 11.7 Å². The van der Waals surface area contributed by atoms with Gasteiger partial charge in [-0.25, -0.2) is 4.98 Å². The summed E-state index contributed by atoms with van der Waals surface area (Å²) in [6.07, 6.45) is 0.706. The summed E-state index contributed by atoms with van der Waals surface area (Å²) in [4.78, 5) is 28.3. The molecule has 0 aliphatic rings. The predicted octanol–water partition coefficient (Wildman–Crippen LogP) is 2.52. The molecule has 5 nitrogen and oxygen atoms in total. The maximum absolute atomic E-state index is 12.7. The summed E-state index contributed by atoms with van der Waals surface area (Å²) in [5.74, 6) is 1.03. The molecule has 0 N–H and O–H groups in total. The number of hydrogen-bond acceptors (Lipinski definition) is 4. The van der Waals surface area contributed by atoms with Crippen LogP contribution in [0.25, 0.3) is 16.6 Å². The largest absolute Gasteiger partial charge is 0.496 e. The zero-order chi connectivity index (χ0) is 15.7. The standard InChI is InChI=1S/C17H14N2O3/c1-11-18-15-6-4-3-5-14(15)17(21)19(11)13-7-8-16(22-2)12(9-13)10-20/h3-10H,1-2H3. The Morgan fingerprint density at radius 2 is 1.95 bits per heavy atom. The zero-order valence-corrected chi connectivity index (χ0v) is 12.2. The Hall–Kier alpha value is -2.95. The van der Waals surface area contributed by atoms with Crippen LogP contribution in [0.1, 0.15) is 16.2 Å². The Bertz CT molecular complexity index is 929. The smallest absolute Gasteiger partial charge is 0.265 e. The van der Waals surface area contributed by atoms with E-state index < -0.39 is 0 Å². The van der Waals surface area contributed by atoms with E-state index in [9.17, 15) is 9.59 Å². The van der Waals surface area contributed by atoms with Crippen molar-refractivity contribution in [1.82, 2.24) is 9.55 Å². The molecule has 5 heteroatoms. The number of rotatable bonds is 3. The molecular formula is C17H14N2O3. The van der Waals surface area contributed by atoms with Crippen LogP contribution in [0.4, 0.5) is 0 Å². The molecule has 0 amide bonds. The van der Waals surface area contributed by atoms with Crippen LogP contribution >= 0.6 is 0 Å². The summed E-state index contributed by atoms with van der Waals surface area (Å²) in [5, 5.41) is 0.538. The number of hydrogen-bond donors (Lipinski definition) is 0. The number of nitrogens with zero attached hydrogens (tertiary/aromatic N) is 2. The highest BCUT2D eigenvalue weighted by molar-refractivity contribution is 5.81. The van der Waals surface area contributed by atoms with Crippen molar-refractivity contribution >= 4 is 17.2 Å². The Kier molecular flexibility index (Phi) is 3.47. The van der Waals surface area contributed by atoms with Gasteiger partial charge < -0.3 is 4.74 Å². The van der Waals surface area contributed by atoms with Crippen LogP contribution in [0.3, 0.4) is 0 Å². The van der Waals surface area contributed by atoms with Crippen molar-refractivity contribution in [3.63, 3.8) is 0 Å². The zero-order valence-electron chi connectivity index (χ0n) is 12.2. The Morgan fingerprint density at radius 3 is 2.68 bits per heavy atom. The third kappa shape index (κ3) is 2.16. The summed E-state index contributed by atoms with van der Waals surface area (Å²) < 4.78 is 6.62. The summed E-state index contributed by atoms with van der Waals surface area (Å²) in [6.45, 7) is 1.76. The van der Waals surface area contributed by atoms with E-state index in [1.54, 1.807) is 43.3 Å². The molecule has 1 heterocycles. The number of aryl methyl sites for hydroxylation is 1. The summed E-state index contributed by atoms with van der Waals surface area (Å²) in [5.41, 5.74) is 1.47. The fourth-order valence-electron chi connectivity index (χ4n) is 2.50. The molecule has 0 aliphatic carbocycles. The van der Waals surface area contributed by atoms with Gasteiger partial charge >= 0.3 is 0 Å². The lowest BCUT2D eigenvalue weighted by atomic mass is 10.1. The summed E-state index contributed by atoms with van der Waals surface area (Å²) in [7, 11) is 1.50. The van der Waals surface area contributed by atoms with E-state index in [1.807, 2.05) is 6.07 Å². The molecule has 0 saturated carbocycles. The third-order valence-corrected chi connectivity index (χ3v) is 3.54. The van der Waals surface area contributed by atoms with Crippen molar-refractivity contribution < 1.29 is 9.53 Å². The third-order valence-electron chi connectivity index (χ3n) is 3.54. The first-order valence-corrected chi connectivity index (χ1v) is 6.77. The number of fused-ring (bicyclic) bond motifs is 1. The van der Waals surface area contributed by atoms with E-state index in [0.717, 1.165) is 0 Å². The van der Waals surface area contributed by atoms with Crippen molar-refractivity contribution in [2.75, 3.05) is 7.11 Å². The van der Waals surface area contributed by atoms with Gasteiger partial charge in [0.05, 0.1) is 29.3 Å². The van der Waals surface area contributed by atoms with Crippen molar-refractivity contribution in [2.24, 2.45) is 0 Å². The number of aromatic nitrogens is 2. The second-order valence-corrected chi connectivity index (χ2v) is 4.86. The minimum Gasteiger partial charge on any atom is -0.496 e. The minimum atomic E-state index is -0.162. The van der Waals surface area contributed by atoms with Gasteiger partial charge in [0.15, 0.2) is 6.29 Å². The van der Waals surface area contributed by atoms with Gasteiger partial charge in [-0.3, -0.25) is 14.2 Å². The van der Waals surface area contributed by atoms with Crippen molar-refractivity contribution in [3.8, 4) is 11.4 Å². The number of methoxy groups -OCH3 is 1. The van der Waals surface area contributed by atoms with Gasteiger partial charge in [0, 0.05) is 0 Å². The SMILES string of the molecule is COc1ccc(-n2c(C)nc3ccccc3c2=O)cc1C=O. The van der Waals surface area contributed by atoms with Crippen LogP contribution in [0, 0.1) is 6.92 Å². The number of carbonyl (C=O) groups is 1. The molecule has 0 fully saturated rings. The second kappa shape index (κ2) is 5.44. The molecule has 0 atom stereocenters. The molecule has 110 valence electrons. The molecule has 3 rings (SSSR count). The number of carbonyl (C=O) groups excluding carboxylic acids is 1. The quantitative estimate of drug-likeness (QED) is 0.696. The van der Waals surface area contributed by atoms with Crippen LogP contribution in [0.15, 0.2) is 47.3 Å². The van der Waals surface area contributed by atoms with Crippen LogP contribution in [-0.2, 0) is 0 Å². The number of benzene rings is 2. The summed E-state index contributed by atoms with van der Waals surface area (Å²) in [6, 6.07) is 12.2. The lowest BCUT2D eigenvalue weighted by Crippen LogP contribution is -2.22. The minimum absolute atomic E-state index is 0.162. The van der Waals surface area contributed by atoms with Crippen molar-refractivity contribution in [3.05, 3.63) is 64.2 Å². The van der Waals surface area contributed by atoms with Crippen LogP contribution in [0.5, 0.6) is 5.75 Å². The first kappa shape index (κ1) is 14.0. The normalized spacial score (nSPS) is 10.6. The average Bonchev–Trinajstić information content (AvgIpc) is 2.54. The monoisotopic (exact) mass is 294 g/mol. The fourth-order valence-corrected chi connectivity index (χ4v) is 2.50. The maximum Gasteiger partial charge on any atom is 0.265 e. The maximum atomic E-state index is 12.7. The highest BCUT2D eigenvalue weighted by atomic mass is 16.5. The fraction of sp³-hybridized carbons (Fsp3) is 0.118. The molecule has 0 radical (unpaired) electrons. The lowest BCUT2D eigenvalue weighted by Gasteiger charge is -2.12. The van der Waals surface area contributed by atoms with Gasteiger partial charge in [-0.05, 0) is 37.3 Å². The van der Waals surface area contributed by atoms with Gasteiger partial charge in [0.2, 0.25) is 0 Å². The van der Waals surface area contributed by atoms with E-state index in [0.29, 0.717) is 40.0 Å². The molecule has 22 heavy (non-hydrogen) atoms. The van der Waals surface area contributed by atoms with Gasteiger partial charge in [-0.2, -0.15) is 0 Å². The van der Waals surface area contributed by atoms with Gasteiger partial charge in [0.1, 0.15) is 11.6 Å². The number of ether oxygens (including phenoxy) is 1. The number of para-hydroxylation sites is 1. The van der Waals surface area contributed by atoms with Crippen LogP contribution in [0.2, 0.25) is 0 Å². The molecule has 0 spiro atoms. The molecular weight excluding hydrogens is 280 g/mol. The topological polar surface area (TPSA) is 61.2 Å². The molecule has 0 saturated heterocycles. The average molecular weight is 294 g/mol. The Balaban J connectivity index is 2.31. The Labute approximate surface area is 126 Å². The van der Waals surface area contributed by atoms with Gasteiger partial charge in [0.25, 0.3) is 5.56 Å². The molecule has 0 unspecified atom stereocenters. The molecule has 2 aromatic carbocycles. The first-order valence-electron chi connectivity index (χ1n) is 6.77. The van der Waals surface area contributed by atoms with E-state index in [-0.39, 0.29) is 5.56 Å². The van der Waals surface area contributed by atoms with Gasteiger partial charge in [-0.15, -0.1) is 0 Å². The number of aldehydes is 1. The molecule has 3 aromatic rings. The van der Waals surface area contributed by atoms with Gasteiger partial charge in [-0.1, -0.05) is 12.1 Å². The molecule has 1 aromatic heterocycles. The highest BCUT2D eigenvalue weighted by Gasteiger charge is 2.11. The lowest BCUT2D eigenvalue weighted by molar-refractivity contribution is 0.112. The van der Waals surface area contributed by atoms with Crippen molar-refractivity contribution in [1.29, 1.82) is 0 Å². The second-order valence-electron chi connectivity index (χ2n) is 4.86. The van der Waals surface area contributed by atoms with E-state index in [2.05, 4.69) is 4.98 Å². The molecule has 0 bridgehead atoms.